The third-order valence-corrected chi connectivity index (χ3v) is 0.539. The Bertz CT molecular complexity index is 20.4. The summed E-state index contributed by atoms with van der Waals surface area (Å²) in [5.74, 6) is 0. The second kappa shape index (κ2) is 3.19. The lowest BCUT2D eigenvalue weighted by molar-refractivity contribution is 0.0692. The highest BCUT2D eigenvalue weighted by molar-refractivity contribution is 5.75. The van der Waals surface area contributed by atoms with Crippen molar-refractivity contribution in [3.05, 3.63) is 0 Å². The van der Waals surface area contributed by atoms with Crippen LogP contribution in [0.4, 0.5) is 0 Å². The molecule has 2 nitrogen and oxygen atoms in total. The zero-order valence-corrected chi connectivity index (χ0v) is 2.94. The molecule has 1 aliphatic heterocycles. The van der Waals surface area contributed by atoms with Gasteiger partial charge in [0.1, 0.15) is 6.79 Å². The van der Waals surface area contributed by atoms with Gasteiger partial charge >= 0.3 is 0 Å². The van der Waals surface area contributed by atoms with E-state index in [9.17, 15) is 0 Å². The van der Waals surface area contributed by atoms with Gasteiger partial charge in [0.15, 0.2) is 0 Å². The molecule has 1 heterocycles. The average molecular weight is 87.9 g/mol. The van der Waals surface area contributed by atoms with E-state index in [1.165, 1.54) is 0 Å². The van der Waals surface area contributed by atoms with Gasteiger partial charge in [-0.1, -0.05) is 0 Å². The first-order valence-corrected chi connectivity index (χ1v) is 1.65. The van der Waals surface area contributed by atoms with Gasteiger partial charge in [-0.25, -0.2) is 0 Å². The highest BCUT2D eigenvalue weighted by Gasteiger charge is 1.93. The molecule has 0 spiro atoms. The fraction of sp³-hybridized carbons (Fsp3) is 1.00. The molecule has 0 radical (unpaired) electrons. The van der Waals surface area contributed by atoms with Gasteiger partial charge in [0.05, 0.1) is 21.6 Å². The first kappa shape index (κ1) is 5.98. The molecule has 0 aromatic heterocycles. The van der Waals surface area contributed by atoms with E-state index in [2.05, 4.69) is 0 Å². The van der Waals surface area contributed by atoms with Crippen LogP contribution < -0.4 is 0 Å². The molecule has 0 N–H and O–H groups in total. The van der Waals surface area contributed by atoms with Gasteiger partial charge in [-0.2, -0.15) is 0 Å². The predicted molar refractivity (Wildman–Crippen MR) is 26.7 cm³/mol. The monoisotopic (exact) mass is 88.1 g/mol. The molecule has 0 aromatic rings. The van der Waals surface area contributed by atoms with Crippen molar-refractivity contribution in [3.8, 4) is 0 Å². The topological polar surface area (TPSA) is 18.5 Å². The summed E-state index contributed by atoms with van der Waals surface area (Å²) in [6.45, 7) is 2.06. The lowest BCUT2D eigenvalue weighted by Crippen LogP contribution is -1.79. The maximum atomic E-state index is 4.72. The summed E-state index contributed by atoms with van der Waals surface area (Å²) in [4.78, 5) is 0. The second-order valence-corrected chi connectivity index (χ2v) is 0.934. The number of hydrogen-bond donors (Lipinski definition) is 0. The van der Waals surface area contributed by atoms with E-state index in [0.717, 1.165) is 13.2 Å². The van der Waals surface area contributed by atoms with Crippen molar-refractivity contribution in [2.75, 3.05) is 20.0 Å². The molecule has 0 amide bonds. The van der Waals surface area contributed by atoms with E-state index < -0.39 is 0 Å². The van der Waals surface area contributed by atoms with Crippen LogP contribution in [0.1, 0.15) is 0 Å². The zero-order valence-electron chi connectivity index (χ0n) is 2.94. The maximum absolute atomic E-state index is 4.72. The molecule has 1 rings (SSSR count). The maximum Gasteiger partial charge on any atom is 0.146 e. The number of ether oxygens (including phenoxy) is 2. The van der Waals surface area contributed by atoms with Crippen molar-refractivity contribution >= 4 is 8.41 Å². The first-order chi connectivity index (χ1) is 2.50. The van der Waals surface area contributed by atoms with Crippen molar-refractivity contribution in [2.24, 2.45) is 0 Å². The van der Waals surface area contributed by atoms with Crippen LogP contribution in [0.25, 0.3) is 0 Å². The molecule has 0 bridgehead atoms. The Hall–Kier alpha value is -0.0151. The van der Waals surface area contributed by atoms with Crippen LogP contribution in [-0.2, 0) is 9.47 Å². The highest BCUT2D eigenvalue weighted by atomic mass is 16.7. The molecule has 0 aromatic carbocycles. The molecular weight excluding hydrogens is 78.8 g/mol. The molecule has 0 saturated carbocycles. The Kier molecular flexibility index (Phi) is 3.18. The smallest absolute Gasteiger partial charge is 0.146 e. The molecule has 3 heteroatoms. The SMILES string of the molecule is B.C1COCO1. The molecule has 1 fully saturated rings. The van der Waals surface area contributed by atoms with E-state index in [0.29, 0.717) is 6.79 Å². The summed E-state index contributed by atoms with van der Waals surface area (Å²) >= 11 is 0. The minimum Gasteiger partial charge on any atom is -0.353 e. The molecule has 0 aliphatic carbocycles. The van der Waals surface area contributed by atoms with Crippen LogP contribution in [0, 0.1) is 0 Å². The van der Waals surface area contributed by atoms with Crippen molar-refractivity contribution in [3.63, 3.8) is 0 Å². The molecule has 0 unspecified atom stereocenters. The van der Waals surface area contributed by atoms with Gasteiger partial charge < -0.3 is 9.47 Å². The number of rotatable bonds is 0. The predicted octanol–water partition coefficient (Wildman–Crippen LogP) is -1.19. The van der Waals surface area contributed by atoms with E-state index in [-0.39, 0.29) is 8.41 Å². The molecule has 1 aliphatic rings. The van der Waals surface area contributed by atoms with Crippen molar-refractivity contribution in [1.82, 2.24) is 0 Å². The van der Waals surface area contributed by atoms with Gasteiger partial charge in [-0.3, -0.25) is 0 Å². The minimum atomic E-state index is 0. The third kappa shape index (κ3) is 1.43. The van der Waals surface area contributed by atoms with Crippen molar-refractivity contribution < 1.29 is 9.47 Å². The summed E-state index contributed by atoms with van der Waals surface area (Å²) in [6, 6.07) is 0. The summed E-state index contributed by atoms with van der Waals surface area (Å²) in [5, 5.41) is 0. The quantitative estimate of drug-likeness (QED) is 0.346. The van der Waals surface area contributed by atoms with Gasteiger partial charge in [0, 0.05) is 0 Å². The van der Waals surface area contributed by atoms with Gasteiger partial charge in [-0.15, -0.1) is 0 Å². The van der Waals surface area contributed by atoms with Crippen LogP contribution in [0.15, 0.2) is 0 Å². The fourth-order valence-corrected chi connectivity index (χ4v) is 0.295. The van der Waals surface area contributed by atoms with E-state index in [1.807, 2.05) is 0 Å². The molecule has 0 atom stereocenters. The van der Waals surface area contributed by atoms with E-state index in [4.69, 9.17) is 9.47 Å². The minimum absolute atomic E-state index is 0. The Balaban J connectivity index is 0.000000250. The summed E-state index contributed by atoms with van der Waals surface area (Å²) in [5.41, 5.74) is 0. The Morgan fingerprint density at radius 2 is 1.50 bits per heavy atom. The Labute approximate surface area is 39.0 Å². The van der Waals surface area contributed by atoms with Gasteiger partial charge in [-0.05, 0) is 0 Å². The average Bonchev–Trinajstić information content (AvgIpc) is 1.76. The van der Waals surface area contributed by atoms with E-state index >= 15 is 0 Å². The zero-order chi connectivity index (χ0) is 3.54. The van der Waals surface area contributed by atoms with Crippen LogP contribution in [-0.4, -0.2) is 28.4 Å². The Morgan fingerprint density at radius 3 is 1.67 bits per heavy atom. The molecule has 36 valence electrons. The van der Waals surface area contributed by atoms with Gasteiger partial charge in [0.25, 0.3) is 0 Å². The Morgan fingerprint density at radius 1 is 1.00 bits per heavy atom. The van der Waals surface area contributed by atoms with Gasteiger partial charge in [0.2, 0.25) is 0 Å². The molecule has 1 saturated heterocycles. The normalized spacial score (nSPS) is 20.0. The second-order valence-electron chi connectivity index (χ2n) is 0.934. The van der Waals surface area contributed by atoms with E-state index in [1.54, 1.807) is 0 Å². The summed E-state index contributed by atoms with van der Waals surface area (Å²) < 4.78 is 9.44. The standard InChI is InChI=1S/C3H6O2.BH3/c1-2-5-3-4-1;/h1-3H2;1H3. The summed E-state index contributed by atoms with van der Waals surface area (Å²) in [7, 11) is 0. The first-order valence-electron chi connectivity index (χ1n) is 1.65. The molecular formula is C3H9BO2. The lowest BCUT2D eigenvalue weighted by Gasteiger charge is -1.76. The molecule has 6 heavy (non-hydrogen) atoms. The summed E-state index contributed by atoms with van der Waals surface area (Å²) in [6.07, 6.45) is 0. The largest absolute Gasteiger partial charge is 0.353 e. The van der Waals surface area contributed by atoms with Crippen molar-refractivity contribution in [2.45, 2.75) is 0 Å². The fourth-order valence-electron chi connectivity index (χ4n) is 0.295. The van der Waals surface area contributed by atoms with Crippen molar-refractivity contribution in [1.29, 1.82) is 0 Å². The highest BCUT2D eigenvalue weighted by Crippen LogP contribution is 1.85. The number of hydrogen-bond acceptors (Lipinski definition) is 2. The van der Waals surface area contributed by atoms with Crippen LogP contribution in [0.2, 0.25) is 0 Å². The third-order valence-electron chi connectivity index (χ3n) is 0.539. The van der Waals surface area contributed by atoms with Crippen LogP contribution >= 0.6 is 0 Å². The lowest BCUT2D eigenvalue weighted by atomic mass is 10.8. The van der Waals surface area contributed by atoms with Crippen LogP contribution in [0.3, 0.4) is 0 Å². The van der Waals surface area contributed by atoms with Crippen LogP contribution in [0.5, 0.6) is 0 Å².